The van der Waals surface area contributed by atoms with Crippen LogP contribution in [0.2, 0.25) is 5.02 Å². The van der Waals surface area contributed by atoms with Gasteiger partial charge in [0, 0.05) is 11.6 Å². The lowest BCUT2D eigenvalue weighted by Crippen LogP contribution is -2.02. The first-order chi connectivity index (χ1) is 6.18. The molecule has 0 amide bonds. The fourth-order valence-electron chi connectivity index (χ4n) is 1.34. The van der Waals surface area contributed by atoms with Crippen molar-refractivity contribution < 1.29 is 9.84 Å². The van der Waals surface area contributed by atoms with Crippen LogP contribution in [0.25, 0.3) is 5.57 Å². The lowest BCUT2D eigenvalue weighted by Gasteiger charge is -2.16. The van der Waals surface area contributed by atoms with Gasteiger partial charge >= 0.3 is 0 Å². The van der Waals surface area contributed by atoms with Crippen LogP contribution < -0.4 is 4.74 Å². The van der Waals surface area contributed by atoms with Gasteiger partial charge in [0.25, 0.3) is 0 Å². The second-order valence-electron chi connectivity index (χ2n) is 3.00. The molecule has 2 nitrogen and oxygen atoms in total. The summed E-state index contributed by atoms with van der Waals surface area (Å²) in [5.41, 5.74) is 2.08. The molecule has 0 saturated heterocycles. The Labute approximate surface area is 81.4 Å². The number of hydrogen-bond acceptors (Lipinski definition) is 2. The zero-order valence-electron chi connectivity index (χ0n) is 7.17. The maximum Gasteiger partial charge on any atom is 0.137 e. The van der Waals surface area contributed by atoms with Crippen LogP contribution in [0, 0.1) is 0 Å². The van der Waals surface area contributed by atoms with Gasteiger partial charge in [-0.05, 0) is 24.6 Å². The fraction of sp³-hybridized carbons (Fsp3) is 0.200. The molecule has 2 rings (SSSR count). The molecule has 0 aliphatic carbocycles. The van der Waals surface area contributed by atoms with Crippen LogP contribution >= 0.6 is 11.6 Å². The number of rotatable bonds is 0. The van der Waals surface area contributed by atoms with Crippen molar-refractivity contribution in [3.8, 4) is 11.5 Å². The van der Waals surface area contributed by atoms with Crippen molar-refractivity contribution in [3.63, 3.8) is 0 Å². The normalized spacial score (nSPS) is 14.5. The minimum Gasteiger partial charge on any atom is -0.506 e. The van der Waals surface area contributed by atoms with Gasteiger partial charge in [0.1, 0.15) is 18.1 Å². The molecule has 1 heterocycles. The standard InChI is InChI=1S/C10H9ClO2/c1-6-2-3-13-10-5-9(12)8(11)4-7(6)10/h2,4-5,12H,3H2,1H3. The molecule has 13 heavy (non-hydrogen) atoms. The third-order valence-electron chi connectivity index (χ3n) is 2.10. The van der Waals surface area contributed by atoms with E-state index in [1.54, 1.807) is 12.1 Å². The Bertz CT molecular complexity index is 383. The van der Waals surface area contributed by atoms with Crippen LogP contribution in [-0.4, -0.2) is 11.7 Å². The Hall–Kier alpha value is -1.15. The van der Waals surface area contributed by atoms with E-state index in [2.05, 4.69) is 0 Å². The van der Waals surface area contributed by atoms with Crippen molar-refractivity contribution in [2.75, 3.05) is 6.61 Å². The first-order valence-electron chi connectivity index (χ1n) is 4.01. The van der Waals surface area contributed by atoms with Crippen LogP contribution in [0.3, 0.4) is 0 Å². The number of phenolic OH excluding ortho intramolecular Hbond substituents is 1. The summed E-state index contributed by atoms with van der Waals surface area (Å²) in [7, 11) is 0. The van der Waals surface area contributed by atoms with E-state index in [1.807, 2.05) is 13.0 Å². The molecule has 1 aliphatic rings. The molecule has 1 aromatic carbocycles. The van der Waals surface area contributed by atoms with Crippen molar-refractivity contribution in [1.29, 1.82) is 0 Å². The van der Waals surface area contributed by atoms with Crippen LogP contribution in [0.1, 0.15) is 12.5 Å². The van der Waals surface area contributed by atoms with Crippen molar-refractivity contribution in [2.45, 2.75) is 6.92 Å². The molecule has 3 heteroatoms. The van der Waals surface area contributed by atoms with Gasteiger partial charge in [0.2, 0.25) is 0 Å². The molecule has 0 atom stereocenters. The monoisotopic (exact) mass is 196 g/mol. The van der Waals surface area contributed by atoms with E-state index in [0.717, 1.165) is 11.1 Å². The number of halogens is 1. The van der Waals surface area contributed by atoms with Gasteiger partial charge in [0.15, 0.2) is 0 Å². The minimum absolute atomic E-state index is 0.0649. The number of hydrogen-bond donors (Lipinski definition) is 1. The second kappa shape index (κ2) is 2.96. The molecule has 0 fully saturated rings. The Morgan fingerprint density at radius 2 is 2.23 bits per heavy atom. The summed E-state index contributed by atoms with van der Waals surface area (Å²) in [6.07, 6.45) is 1.98. The number of ether oxygens (including phenoxy) is 1. The zero-order chi connectivity index (χ0) is 9.42. The van der Waals surface area contributed by atoms with Crippen LogP contribution in [0.5, 0.6) is 11.5 Å². The summed E-state index contributed by atoms with van der Waals surface area (Å²) < 4.78 is 5.33. The van der Waals surface area contributed by atoms with Gasteiger partial charge in [-0.3, -0.25) is 0 Å². The average Bonchev–Trinajstić information content (AvgIpc) is 2.09. The minimum atomic E-state index is 0.0649. The fourth-order valence-corrected chi connectivity index (χ4v) is 1.50. The summed E-state index contributed by atoms with van der Waals surface area (Å²) in [6, 6.07) is 3.27. The largest absolute Gasteiger partial charge is 0.506 e. The van der Waals surface area contributed by atoms with Gasteiger partial charge in [0.05, 0.1) is 5.02 Å². The number of fused-ring (bicyclic) bond motifs is 1. The highest BCUT2D eigenvalue weighted by Crippen LogP contribution is 2.37. The number of aromatic hydroxyl groups is 1. The van der Waals surface area contributed by atoms with Crippen LogP contribution in [0.15, 0.2) is 18.2 Å². The van der Waals surface area contributed by atoms with Gasteiger partial charge < -0.3 is 9.84 Å². The highest BCUT2D eigenvalue weighted by molar-refractivity contribution is 6.32. The van der Waals surface area contributed by atoms with E-state index in [9.17, 15) is 5.11 Å². The van der Waals surface area contributed by atoms with Crippen molar-refractivity contribution in [3.05, 3.63) is 28.8 Å². The topological polar surface area (TPSA) is 29.5 Å². The zero-order valence-corrected chi connectivity index (χ0v) is 7.93. The molecule has 0 saturated carbocycles. The molecule has 0 bridgehead atoms. The molecule has 0 radical (unpaired) electrons. The lowest BCUT2D eigenvalue weighted by molar-refractivity contribution is 0.354. The van der Waals surface area contributed by atoms with Crippen molar-refractivity contribution >= 4 is 17.2 Å². The number of allylic oxidation sites excluding steroid dienone is 1. The van der Waals surface area contributed by atoms with E-state index in [4.69, 9.17) is 16.3 Å². The Kier molecular flexibility index (Phi) is 1.93. The van der Waals surface area contributed by atoms with Gasteiger partial charge in [-0.25, -0.2) is 0 Å². The van der Waals surface area contributed by atoms with Gasteiger partial charge in [-0.1, -0.05) is 11.6 Å². The van der Waals surface area contributed by atoms with Crippen molar-refractivity contribution in [2.24, 2.45) is 0 Å². The van der Waals surface area contributed by atoms with Gasteiger partial charge in [-0.2, -0.15) is 0 Å². The molecule has 1 aliphatic heterocycles. The van der Waals surface area contributed by atoms with E-state index in [1.165, 1.54) is 0 Å². The van der Waals surface area contributed by atoms with Gasteiger partial charge in [-0.15, -0.1) is 0 Å². The molecule has 1 N–H and O–H groups in total. The number of benzene rings is 1. The molecule has 0 aromatic heterocycles. The summed E-state index contributed by atoms with van der Waals surface area (Å²) in [6.45, 7) is 2.55. The molecule has 1 aromatic rings. The lowest BCUT2D eigenvalue weighted by atomic mass is 10.0. The summed E-state index contributed by atoms with van der Waals surface area (Å²) in [5, 5.41) is 9.69. The van der Waals surface area contributed by atoms with Crippen LogP contribution in [-0.2, 0) is 0 Å². The third kappa shape index (κ3) is 1.38. The number of phenols is 1. The summed E-state index contributed by atoms with van der Waals surface area (Å²) in [5.74, 6) is 0.761. The first-order valence-corrected chi connectivity index (χ1v) is 4.38. The quantitative estimate of drug-likeness (QED) is 0.692. The van der Waals surface area contributed by atoms with Crippen molar-refractivity contribution in [1.82, 2.24) is 0 Å². The molecule has 0 spiro atoms. The van der Waals surface area contributed by atoms with E-state index < -0.39 is 0 Å². The molecular formula is C10H9ClO2. The third-order valence-corrected chi connectivity index (χ3v) is 2.40. The molecule has 0 unspecified atom stereocenters. The predicted molar refractivity (Wildman–Crippen MR) is 52.3 cm³/mol. The molecular weight excluding hydrogens is 188 g/mol. The Balaban J connectivity index is 2.61. The average molecular weight is 197 g/mol. The molecule has 68 valence electrons. The van der Waals surface area contributed by atoms with E-state index in [0.29, 0.717) is 17.4 Å². The maximum absolute atomic E-state index is 9.33. The predicted octanol–water partition coefficient (Wildman–Crippen LogP) is 2.84. The Morgan fingerprint density at radius 1 is 1.46 bits per heavy atom. The summed E-state index contributed by atoms with van der Waals surface area (Å²) >= 11 is 5.78. The van der Waals surface area contributed by atoms with E-state index in [-0.39, 0.29) is 5.75 Å². The SMILES string of the molecule is CC1=CCOc2cc(O)c(Cl)cc21. The Morgan fingerprint density at radius 3 is 3.00 bits per heavy atom. The smallest absolute Gasteiger partial charge is 0.137 e. The first kappa shape index (κ1) is 8.45. The van der Waals surface area contributed by atoms with Crippen LogP contribution in [0.4, 0.5) is 0 Å². The second-order valence-corrected chi connectivity index (χ2v) is 3.41. The summed E-state index contributed by atoms with van der Waals surface area (Å²) in [4.78, 5) is 0. The highest BCUT2D eigenvalue weighted by atomic mass is 35.5. The highest BCUT2D eigenvalue weighted by Gasteiger charge is 2.13. The van der Waals surface area contributed by atoms with E-state index >= 15 is 0 Å². The maximum atomic E-state index is 9.33.